The zero-order valence-corrected chi connectivity index (χ0v) is 13.3. The highest BCUT2D eigenvalue weighted by Crippen LogP contribution is 2.28. The molecule has 2 aromatic rings. The van der Waals surface area contributed by atoms with Crippen molar-refractivity contribution in [1.82, 2.24) is 5.32 Å². The number of furan rings is 1. The molecule has 0 saturated carbocycles. The molecule has 0 saturated heterocycles. The molecule has 1 heterocycles. The van der Waals surface area contributed by atoms with Crippen LogP contribution < -0.4 is 5.32 Å². The second-order valence-electron chi connectivity index (χ2n) is 4.81. The zero-order chi connectivity index (χ0) is 13.8. The first-order chi connectivity index (χ1) is 9.11. The first-order valence-corrected chi connectivity index (χ1v) is 7.47. The molecule has 1 aromatic carbocycles. The van der Waals surface area contributed by atoms with Crippen LogP contribution >= 0.6 is 15.9 Å². The summed E-state index contributed by atoms with van der Waals surface area (Å²) in [5.41, 5.74) is 2.49. The molecule has 102 valence electrons. The molecule has 0 amide bonds. The van der Waals surface area contributed by atoms with E-state index in [1.165, 1.54) is 11.1 Å². The highest BCUT2D eigenvalue weighted by atomic mass is 79.9. The molecule has 0 aliphatic rings. The van der Waals surface area contributed by atoms with Gasteiger partial charge in [-0.1, -0.05) is 35.0 Å². The van der Waals surface area contributed by atoms with E-state index in [9.17, 15) is 0 Å². The Hall–Kier alpha value is -1.06. The second-order valence-corrected chi connectivity index (χ2v) is 5.72. The minimum Gasteiger partial charge on any atom is -0.466 e. The van der Waals surface area contributed by atoms with Gasteiger partial charge in [0, 0.05) is 10.0 Å². The topological polar surface area (TPSA) is 25.2 Å². The first kappa shape index (κ1) is 14.4. The average molecular weight is 322 g/mol. The van der Waals surface area contributed by atoms with Gasteiger partial charge < -0.3 is 9.73 Å². The molecule has 3 heteroatoms. The van der Waals surface area contributed by atoms with Crippen LogP contribution in [0.1, 0.15) is 42.0 Å². The zero-order valence-electron chi connectivity index (χ0n) is 11.7. The van der Waals surface area contributed by atoms with Crippen LogP contribution in [0.25, 0.3) is 0 Å². The molecule has 0 bridgehead atoms. The Kier molecular flexibility index (Phi) is 4.83. The van der Waals surface area contributed by atoms with Crippen molar-refractivity contribution >= 4 is 15.9 Å². The molecule has 1 aromatic heterocycles. The van der Waals surface area contributed by atoms with E-state index in [1.54, 1.807) is 0 Å². The van der Waals surface area contributed by atoms with Gasteiger partial charge in [0.15, 0.2) is 0 Å². The van der Waals surface area contributed by atoms with Crippen LogP contribution in [0.4, 0.5) is 0 Å². The van der Waals surface area contributed by atoms with Crippen molar-refractivity contribution in [3.63, 3.8) is 0 Å². The third kappa shape index (κ3) is 3.48. The summed E-state index contributed by atoms with van der Waals surface area (Å²) in [6.45, 7) is 7.19. The van der Waals surface area contributed by atoms with Gasteiger partial charge in [0.2, 0.25) is 0 Å². The van der Waals surface area contributed by atoms with Gasteiger partial charge in [-0.25, -0.2) is 0 Å². The summed E-state index contributed by atoms with van der Waals surface area (Å²) in [5, 5.41) is 3.60. The summed E-state index contributed by atoms with van der Waals surface area (Å²) < 4.78 is 6.77. The summed E-state index contributed by atoms with van der Waals surface area (Å²) in [6.07, 6.45) is 1.11. The van der Waals surface area contributed by atoms with Gasteiger partial charge >= 0.3 is 0 Å². The van der Waals surface area contributed by atoms with Crippen LogP contribution in [0, 0.1) is 13.8 Å². The fraction of sp³-hybridized carbons (Fsp3) is 0.375. The van der Waals surface area contributed by atoms with Crippen molar-refractivity contribution in [3.8, 4) is 0 Å². The summed E-state index contributed by atoms with van der Waals surface area (Å²) >= 11 is 3.48. The van der Waals surface area contributed by atoms with Gasteiger partial charge in [-0.05, 0) is 50.6 Å². The Morgan fingerprint density at radius 3 is 2.42 bits per heavy atom. The predicted molar refractivity (Wildman–Crippen MR) is 82.5 cm³/mol. The predicted octanol–water partition coefficient (Wildman–Crippen LogP) is 4.75. The number of aryl methyl sites for hydroxylation is 2. The molecule has 2 rings (SSSR count). The summed E-state index contributed by atoms with van der Waals surface area (Å²) in [4.78, 5) is 0. The SMILES string of the molecule is CCCNC(c1ccc(Br)cc1)c1cc(C)oc1C. The van der Waals surface area contributed by atoms with Crippen molar-refractivity contribution in [2.24, 2.45) is 0 Å². The molecular weight excluding hydrogens is 302 g/mol. The van der Waals surface area contributed by atoms with Crippen molar-refractivity contribution in [2.45, 2.75) is 33.2 Å². The largest absolute Gasteiger partial charge is 0.466 e. The summed E-state index contributed by atoms with van der Waals surface area (Å²) in [6, 6.07) is 10.8. The fourth-order valence-electron chi connectivity index (χ4n) is 2.29. The van der Waals surface area contributed by atoms with Crippen LogP contribution in [0.3, 0.4) is 0 Å². The highest BCUT2D eigenvalue weighted by Gasteiger charge is 2.18. The highest BCUT2D eigenvalue weighted by molar-refractivity contribution is 9.10. The quantitative estimate of drug-likeness (QED) is 0.859. The number of hydrogen-bond acceptors (Lipinski definition) is 2. The van der Waals surface area contributed by atoms with Crippen molar-refractivity contribution < 1.29 is 4.42 Å². The standard InChI is InChI=1S/C16H20BrNO/c1-4-9-18-16(13-5-7-14(17)8-6-13)15-10-11(2)19-12(15)3/h5-8,10,16,18H,4,9H2,1-3H3. The van der Waals surface area contributed by atoms with Crippen molar-refractivity contribution in [1.29, 1.82) is 0 Å². The van der Waals surface area contributed by atoms with Crippen LogP contribution in [0.15, 0.2) is 39.2 Å². The van der Waals surface area contributed by atoms with E-state index < -0.39 is 0 Å². The maximum absolute atomic E-state index is 5.67. The maximum Gasteiger partial charge on any atom is 0.106 e. The van der Waals surface area contributed by atoms with Crippen LogP contribution in [0.2, 0.25) is 0 Å². The van der Waals surface area contributed by atoms with E-state index in [4.69, 9.17) is 4.42 Å². The van der Waals surface area contributed by atoms with E-state index in [0.717, 1.165) is 29.0 Å². The van der Waals surface area contributed by atoms with Gasteiger partial charge in [-0.3, -0.25) is 0 Å². The Morgan fingerprint density at radius 2 is 1.89 bits per heavy atom. The summed E-state index contributed by atoms with van der Waals surface area (Å²) in [5.74, 6) is 1.96. The first-order valence-electron chi connectivity index (χ1n) is 6.67. The number of rotatable bonds is 5. The molecule has 0 aliphatic heterocycles. The van der Waals surface area contributed by atoms with Crippen molar-refractivity contribution in [3.05, 3.63) is 57.5 Å². The van der Waals surface area contributed by atoms with Gasteiger partial charge in [0.1, 0.15) is 11.5 Å². The lowest BCUT2D eigenvalue weighted by molar-refractivity contribution is 0.493. The smallest absolute Gasteiger partial charge is 0.106 e. The van der Waals surface area contributed by atoms with Gasteiger partial charge in [-0.15, -0.1) is 0 Å². The monoisotopic (exact) mass is 321 g/mol. The lowest BCUT2D eigenvalue weighted by atomic mass is 9.99. The second kappa shape index (κ2) is 6.40. The summed E-state index contributed by atoms with van der Waals surface area (Å²) in [7, 11) is 0. The lowest BCUT2D eigenvalue weighted by Crippen LogP contribution is -2.23. The molecule has 1 atom stereocenters. The lowest BCUT2D eigenvalue weighted by Gasteiger charge is -2.18. The Bertz CT molecular complexity index is 530. The van der Waals surface area contributed by atoms with E-state index in [2.05, 4.69) is 58.5 Å². The molecule has 1 unspecified atom stereocenters. The van der Waals surface area contributed by atoms with E-state index >= 15 is 0 Å². The van der Waals surface area contributed by atoms with Gasteiger partial charge in [0.05, 0.1) is 6.04 Å². The molecule has 1 N–H and O–H groups in total. The van der Waals surface area contributed by atoms with Gasteiger partial charge in [0.25, 0.3) is 0 Å². The molecule has 0 radical (unpaired) electrons. The minimum absolute atomic E-state index is 0.200. The van der Waals surface area contributed by atoms with Crippen LogP contribution in [0.5, 0.6) is 0 Å². The van der Waals surface area contributed by atoms with E-state index in [1.807, 2.05) is 13.8 Å². The molecule has 19 heavy (non-hydrogen) atoms. The average Bonchev–Trinajstić information content (AvgIpc) is 2.71. The van der Waals surface area contributed by atoms with Crippen LogP contribution in [-0.2, 0) is 0 Å². The molecule has 0 fully saturated rings. The molecule has 0 aliphatic carbocycles. The van der Waals surface area contributed by atoms with Crippen LogP contribution in [-0.4, -0.2) is 6.54 Å². The maximum atomic E-state index is 5.67. The minimum atomic E-state index is 0.200. The molecular formula is C16H20BrNO. The number of benzene rings is 1. The Balaban J connectivity index is 2.35. The number of halogens is 1. The number of nitrogens with one attached hydrogen (secondary N) is 1. The fourth-order valence-corrected chi connectivity index (χ4v) is 2.55. The third-order valence-electron chi connectivity index (χ3n) is 3.19. The molecule has 2 nitrogen and oxygen atoms in total. The van der Waals surface area contributed by atoms with Gasteiger partial charge in [-0.2, -0.15) is 0 Å². The van der Waals surface area contributed by atoms with E-state index in [0.29, 0.717) is 0 Å². The van der Waals surface area contributed by atoms with Crippen molar-refractivity contribution in [2.75, 3.05) is 6.54 Å². The van der Waals surface area contributed by atoms with E-state index in [-0.39, 0.29) is 6.04 Å². The number of hydrogen-bond donors (Lipinski definition) is 1. The normalized spacial score (nSPS) is 12.6. The third-order valence-corrected chi connectivity index (χ3v) is 3.72. The Morgan fingerprint density at radius 1 is 1.21 bits per heavy atom. The molecule has 0 spiro atoms. The Labute approximate surface area is 123 Å².